The number of nitrogens with one attached hydrogen (secondary N) is 1. The number of aryl methyl sites for hydroxylation is 1. The second-order valence-corrected chi connectivity index (χ2v) is 5.56. The van der Waals surface area contributed by atoms with E-state index in [9.17, 15) is 4.79 Å². The standard InChI is InChI=1S/C15H17N3OS/c1-11-8-9-20-14(11)10-16-17-15(19)12-4-6-13(7-5-12)18(2)3/h4-10H,1-3H3,(H,17,19)/b16-10+. The van der Waals surface area contributed by atoms with Crippen LogP contribution in [-0.2, 0) is 0 Å². The zero-order valence-corrected chi connectivity index (χ0v) is 12.6. The average molecular weight is 287 g/mol. The minimum Gasteiger partial charge on any atom is -0.378 e. The number of carbonyl (C=O) groups excluding carboxylic acids is 1. The molecule has 0 spiro atoms. The first kappa shape index (κ1) is 14.3. The van der Waals surface area contributed by atoms with Crippen molar-refractivity contribution in [3.05, 3.63) is 51.7 Å². The van der Waals surface area contributed by atoms with Crippen molar-refractivity contribution in [1.29, 1.82) is 0 Å². The van der Waals surface area contributed by atoms with Gasteiger partial charge < -0.3 is 4.90 Å². The number of hydrogen-bond donors (Lipinski definition) is 1. The van der Waals surface area contributed by atoms with Crippen LogP contribution in [0.1, 0.15) is 20.8 Å². The molecule has 1 heterocycles. The van der Waals surface area contributed by atoms with Gasteiger partial charge in [-0.3, -0.25) is 4.79 Å². The lowest BCUT2D eigenvalue weighted by Crippen LogP contribution is -2.17. The van der Waals surface area contributed by atoms with E-state index in [0.717, 1.165) is 16.1 Å². The summed E-state index contributed by atoms with van der Waals surface area (Å²) in [7, 11) is 3.92. The number of rotatable bonds is 4. The van der Waals surface area contributed by atoms with E-state index >= 15 is 0 Å². The molecule has 5 heteroatoms. The Labute approximate surface area is 122 Å². The molecule has 0 atom stereocenters. The lowest BCUT2D eigenvalue weighted by Gasteiger charge is -2.12. The van der Waals surface area contributed by atoms with Crippen LogP contribution in [0, 0.1) is 6.92 Å². The van der Waals surface area contributed by atoms with Crippen LogP contribution >= 0.6 is 11.3 Å². The number of hydrogen-bond acceptors (Lipinski definition) is 4. The molecule has 2 aromatic rings. The van der Waals surface area contributed by atoms with Gasteiger partial charge in [0.05, 0.1) is 6.21 Å². The van der Waals surface area contributed by atoms with Gasteiger partial charge in [-0.1, -0.05) is 0 Å². The van der Waals surface area contributed by atoms with E-state index in [1.807, 2.05) is 49.5 Å². The molecule has 0 aliphatic rings. The van der Waals surface area contributed by atoms with Crippen molar-refractivity contribution in [3.63, 3.8) is 0 Å². The van der Waals surface area contributed by atoms with E-state index in [1.165, 1.54) is 0 Å². The van der Waals surface area contributed by atoms with Gasteiger partial charge in [0.1, 0.15) is 0 Å². The summed E-state index contributed by atoms with van der Waals surface area (Å²) in [5, 5.41) is 5.98. The highest BCUT2D eigenvalue weighted by Crippen LogP contribution is 2.13. The number of carbonyl (C=O) groups is 1. The van der Waals surface area contributed by atoms with Crippen molar-refractivity contribution in [2.24, 2.45) is 5.10 Å². The van der Waals surface area contributed by atoms with Gasteiger partial charge in [-0.15, -0.1) is 11.3 Å². The van der Waals surface area contributed by atoms with Crippen LogP contribution in [0.25, 0.3) is 0 Å². The summed E-state index contributed by atoms with van der Waals surface area (Å²) in [6.45, 7) is 2.01. The minimum absolute atomic E-state index is 0.208. The second kappa shape index (κ2) is 6.34. The maximum absolute atomic E-state index is 11.9. The molecule has 104 valence electrons. The third-order valence-electron chi connectivity index (χ3n) is 2.90. The molecule has 0 bridgehead atoms. The van der Waals surface area contributed by atoms with E-state index in [2.05, 4.69) is 10.5 Å². The molecule has 0 aliphatic carbocycles. The van der Waals surface area contributed by atoms with E-state index in [-0.39, 0.29) is 5.91 Å². The Hall–Kier alpha value is -2.14. The van der Waals surface area contributed by atoms with E-state index in [4.69, 9.17) is 0 Å². The number of benzene rings is 1. The molecule has 0 radical (unpaired) electrons. The van der Waals surface area contributed by atoms with E-state index < -0.39 is 0 Å². The summed E-state index contributed by atoms with van der Waals surface area (Å²) in [6, 6.07) is 9.41. The van der Waals surface area contributed by atoms with Gasteiger partial charge in [0.25, 0.3) is 5.91 Å². The molecule has 0 fully saturated rings. The van der Waals surface area contributed by atoms with Crippen molar-refractivity contribution in [2.75, 3.05) is 19.0 Å². The number of amides is 1. The number of hydrazone groups is 1. The highest BCUT2D eigenvalue weighted by atomic mass is 32.1. The van der Waals surface area contributed by atoms with Crippen LogP contribution in [-0.4, -0.2) is 26.2 Å². The monoisotopic (exact) mass is 287 g/mol. The van der Waals surface area contributed by atoms with Crippen molar-refractivity contribution < 1.29 is 4.79 Å². The van der Waals surface area contributed by atoms with Gasteiger partial charge in [0, 0.05) is 30.2 Å². The van der Waals surface area contributed by atoms with Crippen LogP contribution in [0.15, 0.2) is 40.8 Å². The molecule has 4 nitrogen and oxygen atoms in total. The van der Waals surface area contributed by atoms with Crippen LogP contribution in [0.3, 0.4) is 0 Å². The SMILES string of the molecule is Cc1ccsc1/C=N/NC(=O)c1ccc(N(C)C)cc1. The molecule has 1 aromatic carbocycles. The third kappa shape index (κ3) is 3.45. The molecular formula is C15H17N3OS. The lowest BCUT2D eigenvalue weighted by atomic mass is 10.2. The average Bonchev–Trinajstić information content (AvgIpc) is 2.84. The summed E-state index contributed by atoms with van der Waals surface area (Å²) in [5.41, 5.74) is 5.34. The van der Waals surface area contributed by atoms with Gasteiger partial charge in [-0.25, -0.2) is 5.43 Å². The predicted molar refractivity (Wildman–Crippen MR) is 84.9 cm³/mol. The topological polar surface area (TPSA) is 44.7 Å². The normalized spacial score (nSPS) is 10.8. The van der Waals surface area contributed by atoms with Crippen LogP contribution in [0.2, 0.25) is 0 Å². The van der Waals surface area contributed by atoms with Crippen LogP contribution in [0.4, 0.5) is 5.69 Å². The fourth-order valence-electron chi connectivity index (χ4n) is 1.64. The summed E-state index contributed by atoms with van der Waals surface area (Å²) in [5.74, 6) is -0.208. The molecule has 0 saturated heterocycles. The maximum Gasteiger partial charge on any atom is 0.271 e. The Balaban J connectivity index is 1.98. The first-order valence-corrected chi connectivity index (χ1v) is 7.11. The fraction of sp³-hybridized carbons (Fsp3) is 0.200. The summed E-state index contributed by atoms with van der Waals surface area (Å²) in [4.78, 5) is 14.9. The molecule has 0 aliphatic heterocycles. The Morgan fingerprint density at radius 1 is 1.25 bits per heavy atom. The van der Waals surface area contributed by atoms with Crippen molar-refractivity contribution >= 4 is 29.1 Å². The van der Waals surface area contributed by atoms with Crippen molar-refractivity contribution in [2.45, 2.75) is 6.92 Å². The van der Waals surface area contributed by atoms with Gasteiger partial charge in [0.15, 0.2) is 0 Å². The smallest absolute Gasteiger partial charge is 0.271 e. The van der Waals surface area contributed by atoms with Crippen LogP contribution < -0.4 is 10.3 Å². The molecule has 2 rings (SSSR count). The summed E-state index contributed by atoms with van der Waals surface area (Å²) in [6.07, 6.45) is 1.67. The number of nitrogens with zero attached hydrogens (tertiary/aromatic N) is 2. The molecular weight excluding hydrogens is 270 g/mol. The Kier molecular flexibility index (Phi) is 4.53. The van der Waals surface area contributed by atoms with Crippen molar-refractivity contribution in [3.8, 4) is 0 Å². The number of anilines is 1. The van der Waals surface area contributed by atoms with Gasteiger partial charge >= 0.3 is 0 Å². The molecule has 20 heavy (non-hydrogen) atoms. The largest absolute Gasteiger partial charge is 0.378 e. The van der Waals surface area contributed by atoms with Crippen LogP contribution in [0.5, 0.6) is 0 Å². The Morgan fingerprint density at radius 3 is 2.50 bits per heavy atom. The fourth-order valence-corrected chi connectivity index (χ4v) is 2.43. The molecule has 1 amide bonds. The Morgan fingerprint density at radius 2 is 1.95 bits per heavy atom. The summed E-state index contributed by atoms with van der Waals surface area (Å²) >= 11 is 1.60. The number of thiophene rings is 1. The lowest BCUT2D eigenvalue weighted by molar-refractivity contribution is 0.0955. The molecule has 1 N–H and O–H groups in total. The van der Waals surface area contributed by atoms with Crippen molar-refractivity contribution in [1.82, 2.24) is 5.43 Å². The first-order chi connectivity index (χ1) is 9.58. The second-order valence-electron chi connectivity index (χ2n) is 4.61. The molecule has 1 aromatic heterocycles. The van der Waals surface area contributed by atoms with Gasteiger partial charge in [-0.05, 0) is 48.2 Å². The molecule has 0 saturated carbocycles. The van der Waals surface area contributed by atoms with Gasteiger partial charge in [0.2, 0.25) is 0 Å². The zero-order chi connectivity index (χ0) is 14.5. The maximum atomic E-state index is 11.9. The highest BCUT2D eigenvalue weighted by molar-refractivity contribution is 7.11. The minimum atomic E-state index is -0.208. The first-order valence-electron chi connectivity index (χ1n) is 6.23. The predicted octanol–water partition coefficient (Wildman–Crippen LogP) is 2.89. The van der Waals surface area contributed by atoms with E-state index in [0.29, 0.717) is 5.56 Å². The third-order valence-corrected chi connectivity index (χ3v) is 3.85. The van der Waals surface area contributed by atoms with Gasteiger partial charge in [-0.2, -0.15) is 5.10 Å². The quantitative estimate of drug-likeness (QED) is 0.694. The Bertz CT molecular complexity index is 614. The highest BCUT2D eigenvalue weighted by Gasteiger charge is 2.04. The van der Waals surface area contributed by atoms with E-state index in [1.54, 1.807) is 29.7 Å². The summed E-state index contributed by atoms with van der Waals surface area (Å²) < 4.78 is 0. The molecule has 0 unspecified atom stereocenters. The zero-order valence-electron chi connectivity index (χ0n) is 11.8.